The molecule has 0 saturated carbocycles. The van der Waals surface area contributed by atoms with Gasteiger partial charge in [-0.2, -0.15) is 0 Å². The number of nitrogens with one attached hydrogen (secondary N) is 1. The van der Waals surface area contributed by atoms with Gasteiger partial charge in [-0.15, -0.1) is 13.2 Å². The predicted molar refractivity (Wildman–Crippen MR) is 75.4 cm³/mol. The Morgan fingerprint density at radius 3 is 2.33 bits per heavy atom. The van der Waals surface area contributed by atoms with E-state index in [1.54, 1.807) is 24.3 Å². The molecule has 0 bridgehead atoms. The molecule has 3 aromatic rings. The van der Waals surface area contributed by atoms with E-state index in [0.29, 0.717) is 5.02 Å². The summed E-state index contributed by atoms with van der Waals surface area (Å²) < 4.78 is 40.1. The Morgan fingerprint density at radius 2 is 1.67 bits per heavy atom. The molecule has 21 heavy (non-hydrogen) atoms. The predicted octanol–water partition coefficient (Wildman–Crippen LogP) is 5.39. The maximum atomic E-state index is 12.1. The highest BCUT2D eigenvalue weighted by Crippen LogP contribution is 2.29. The van der Waals surface area contributed by atoms with E-state index < -0.39 is 6.36 Å². The molecule has 1 heterocycles. The fraction of sp³-hybridized carbons (Fsp3) is 0.0667. The van der Waals surface area contributed by atoms with Crippen LogP contribution in [0.3, 0.4) is 0 Å². The van der Waals surface area contributed by atoms with E-state index in [1.165, 1.54) is 12.1 Å². The summed E-state index contributed by atoms with van der Waals surface area (Å²) in [6, 6.07) is 13.0. The van der Waals surface area contributed by atoms with Crippen LogP contribution in [0.15, 0.2) is 48.5 Å². The molecule has 0 radical (unpaired) electrons. The Labute approximate surface area is 123 Å². The summed E-state index contributed by atoms with van der Waals surface area (Å²) in [5, 5.41) is 1.59. The first-order valence-corrected chi connectivity index (χ1v) is 6.43. The highest BCUT2D eigenvalue weighted by molar-refractivity contribution is 6.31. The Kier molecular flexibility index (Phi) is 3.29. The van der Waals surface area contributed by atoms with Crippen molar-refractivity contribution >= 4 is 22.5 Å². The number of H-pyrrole nitrogens is 1. The van der Waals surface area contributed by atoms with Gasteiger partial charge in [0.15, 0.2) is 0 Å². The van der Waals surface area contributed by atoms with Crippen LogP contribution >= 0.6 is 11.6 Å². The van der Waals surface area contributed by atoms with Gasteiger partial charge in [0.1, 0.15) is 5.75 Å². The maximum absolute atomic E-state index is 12.1. The summed E-state index contributed by atoms with van der Waals surface area (Å²) in [5.41, 5.74) is 2.43. The SMILES string of the molecule is FC(F)(F)Oc1ccc(-c2cc3ccc(Cl)cc3[nH]2)cc1. The van der Waals surface area contributed by atoms with Crippen LogP contribution in [0.1, 0.15) is 0 Å². The zero-order valence-electron chi connectivity index (χ0n) is 10.5. The molecule has 2 nitrogen and oxygen atoms in total. The minimum atomic E-state index is -4.68. The number of halogens is 4. The smallest absolute Gasteiger partial charge is 0.406 e. The van der Waals surface area contributed by atoms with Gasteiger partial charge in [0, 0.05) is 21.6 Å². The third-order valence-corrected chi connectivity index (χ3v) is 3.22. The Bertz CT molecular complexity index is 778. The van der Waals surface area contributed by atoms with Crippen LogP contribution in [0.4, 0.5) is 13.2 Å². The molecule has 0 fully saturated rings. The van der Waals surface area contributed by atoms with Crippen LogP contribution in [0, 0.1) is 0 Å². The quantitative estimate of drug-likeness (QED) is 0.674. The molecular formula is C15H9ClF3NO. The minimum Gasteiger partial charge on any atom is -0.406 e. The molecular weight excluding hydrogens is 303 g/mol. The maximum Gasteiger partial charge on any atom is 0.573 e. The highest BCUT2D eigenvalue weighted by Gasteiger charge is 2.30. The molecule has 0 unspecified atom stereocenters. The monoisotopic (exact) mass is 311 g/mol. The summed E-state index contributed by atoms with van der Waals surface area (Å²) in [7, 11) is 0. The third-order valence-electron chi connectivity index (χ3n) is 2.98. The van der Waals surface area contributed by atoms with E-state index in [4.69, 9.17) is 11.6 Å². The van der Waals surface area contributed by atoms with Gasteiger partial charge in [0.05, 0.1) is 0 Å². The Balaban J connectivity index is 1.91. The molecule has 6 heteroatoms. The average Bonchev–Trinajstić information content (AvgIpc) is 2.80. The topological polar surface area (TPSA) is 25.0 Å². The van der Waals surface area contributed by atoms with Gasteiger partial charge < -0.3 is 9.72 Å². The van der Waals surface area contributed by atoms with E-state index in [1.807, 2.05) is 12.1 Å². The van der Waals surface area contributed by atoms with E-state index in [9.17, 15) is 13.2 Å². The van der Waals surface area contributed by atoms with Crippen molar-refractivity contribution in [1.29, 1.82) is 0 Å². The molecule has 0 saturated heterocycles. The largest absolute Gasteiger partial charge is 0.573 e. The summed E-state index contributed by atoms with van der Waals surface area (Å²) in [5.74, 6) is -0.245. The molecule has 0 aliphatic rings. The van der Waals surface area contributed by atoms with Crippen LogP contribution < -0.4 is 4.74 Å². The van der Waals surface area contributed by atoms with Crippen molar-refractivity contribution in [2.75, 3.05) is 0 Å². The summed E-state index contributed by atoms with van der Waals surface area (Å²) in [6.07, 6.45) is -4.68. The standard InChI is InChI=1S/C15H9ClF3NO/c16-11-4-1-10-7-13(20-14(10)8-11)9-2-5-12(6-3-9)21-15(17,18)19/h1-8,20H. The van der Waals surface area contributed by atoms with Crippen LogP contribution in [-0.4, -0.2) is 11.3 Å². The van der Waals surface area contributed by atoms with Gasteiger partial charge >= 0.3 is 6.36 Å². The lowest BCUT2D eigenvalue weighted by atomic mass is 10.1. The first-order chi connectivity index (χ1) is 9.90. The van der Waals surface area contributed by atoms with Gasteiger partial charge in [0.2, 0.25) is 0 Å². The molecule has 1 aromatic heterocycles. The van der Waals surface area contributed by atoms with Crippen molar-refractivity contribution < 1.29 is 17.9 Å². The Morgan fingerprint density at radius 1 is 0.952 bits per heavy atom. The summed E-state index contributed by atoms with van der Waals surface area (Å²) in [6.45, 7) is 0. The van der Waals surface area contributed by atoms with Gasteiger partial charge in [-0.25, -0.2) is 0 Å². The van der Waals surface area contributed by atoms with Crippen molar-refractivity contribution in [2.45, 2.75) is 6.36 Å². The normalized spacial score (nSPS) is 11.8. The molecule has 0 amide bonds. The van der Waals surface area contributed by atoms with E-state index >= 15 is 0 Å². The van der Waals surface area contributed by atoms with Crippen molar-refractivity contribution in [3.05, 3.63) is 53.6 Å². The van der Waals surface area contributed by atoms with Crippen LogP contribution in [0.2, 0.25) is 5.02 Å². The van der Waals surface area contributed by atoms with Gasteiger partial charge in [-0.05, 0) is 48.0 Å². The Hall–Kier alpha value is -2.14. The van der Waals surface area contributed by atoms with Crippen molar-refractivity contribution in [3.8, 4) is 17.0 Å². The lowest BCUT2D eigenvalue weighted by Crippen LogP contribution is -2.16. The highest BCUT2D eigenvalue weighted by atomic mass is 35.5. The number of benzene rings is 2. The zero-order chi connectivity index (χ0) is 15.0. The average molecular weight is 312 g/mol. The molecule has 0 aliphatic heterocycles. The second-order valence-corrected chi connectivity index (χ2v) is 4.92. The lowest BCUT2D eigenvalue weighted by molar-refractivity contribution is -0.274. The summed E-state index contributed by atoms with van der Waals surface area (Å²) in [4.78, 5) is 3.17. The van der Waals surface area contributed by atoms with Gasteiger partial charge in [-0.1, -0.05) is 17.7 Å². The van der Waals surface area contributed by atoms with Crippen LogP contribution in [-0.2, 0) is 0 Å². The molecule has 1 N–H and O–H groups in total. The zero-order valence-corrected chi connectivity index (χ0v) is 11.3. The number of ether oxygens (including phenoxy) is 1. The van der Waals surface area contributed by atoms with Crippen molar-refractivity contribution in [3.63, 3.8) is 0 Å². The first kappa shape index (κ1) is 13.8. The molecule has 0 spiro atoms. The molecule has 2 aromatic carbocycles. The fourth-order valence-corrected chi connectivity index (χ4v) is 2.26. The third kappa shape index (κ3) is 3.13. The lowest BCUT2D eigenvalue weighted by Gasteiger charge is -2.08. The number of fused-ring (bicyclic) bond motifs is 1. The number of aromatic amines is 1. The summed E-state index contributed by atoms with van der Waals surface area (Å²) >= 11 is 5.91. The van der Waals surface area contributed by atoms with Crippen LogP contribution in [0.5, 0.6) is 5.75 Å². The number of aromatic nitrogens is 1. The molecule has 3 rings (SSSR count). The fourth-order valence-electron chi connectivity index (χ4n) is 2.09. The second-order valence-electron chi connectivity index (χ2n) is 4.49. The van der Waals surface area contributed by atoms with E-state index in [2.05, 4.69) is 9.72 Å². The van der Waals surface area contributed by atoms with Crippen molar-refractivity contribution in [2.24, 2.45) is 0 Å². The minimum absolute atomic E-state index is 0.245. The molecule has 0 atom stereocenters. The molecule has 108 valence electrons. The number of rotatable bonds is 2. The first-order valence-electron chi connectivity index (χ1n) is 6.05. The van der Waals surface area contributed by atoms with E-state index in [0.717, 1.165) is 22.2 Å². The van der Waals surface area contributed by atoms with Gasteiger partial charge in [0.25, 0.3) is 0 Å². The molecule has 0 aliphatic carbocycles. The van der Waals surface area contributed by atoms with Gasteiger partial charge in [-0.3, -0.25) is 0 Å². The number of hydrogen-bond donors (Lipinski definition) is 1. The number of alkyl halides is 3. The van der Waals surface area contributed by atoms with Crippen LogP contribution in [0.25, 0.3) is 22.2 Å². The number of hydrogen-bond acceptors (Lipinski definition) is 1. The second kappa shape index (κ2) is 5.00. The van der Waals surface area contributed by atoms with E-state index in [-0.39, 0.29) is 5.75 Å². The van der Waals surface area contributed by atoms with Crippen molar-refractivity contribution in [1.82, 2.24) is 4.98 Å².